The lowest BCUT2D eigenvalue weighted by Gasteiger charge is -2.50. The highest BCUT2D eigenvalue weighted by molar-refractivity contribution is 5.25. The standard InChI is InChI=1S/C40H40O6/c41-40(35-24-14-5-15-25-35)39(45-29-34-22-12-4-13-23-34)38(44-28-33-20-10-3-11-21-33)37(43-27-32-18-8-2-9-19-32)36(46-40)30-42-26-31-16-6-1-7-17-31/h1-25,36-39,41H,26-30H2/t36-,37-,38+,39-,40?/m1/s1. The second kappa shape index (κ2) is 15.9. The number of hydrogen-bond acceptors (Lipinski definition) is 6. The topological polar surface area (TPSA) is 66.4 Å². The Balaban J connectivity index is 1.36. The first-order valence-electron chi connectivity index (χ1n) is 15.7. The van der Waals surface area contributed by atoms with Crippen molar-refractivity contribution in [3.8, 4) is 0 Å². The quantitative estimate of drug-likeness (QED) is 0.142. The summed E-state index contributed by atoms with van der Waals surface area (Å²) < 4.78 is 33.0. The molecule has 6 heteroatoms. The zero-order chi connectivity index (χ0) is 31.4. The Bertz CT molecular complexity index is 1570. The van der Waals surface area contributed by atoms with Crippen LogP contribution in [0.4, 0.5) is 0 Å². The van der Waals surface area contributed by atoms with Gasteiger partial charge in [-0.05, 0) is 22.3 Å². The molecule has 1 heterocycles. The zero-order valence-corrected chi connectivity index (χ0v) is 25.8. The van der Waals surface area contributed by atoms with E-state index in [4.69, 9.17) is 23.7 Å². The summed E-state index contributed by atoms with van der Waals surface area (Å²) in [4.78, 5) is 0. The molecule has 0 saturated carbocycles. The molecule has 1 aliphatic rings. The number of aliphatic hydroxyl groups is 1. The fourth-order valence-electron chi connectivity index (χ4n) is 5.76. The van der Waals surface area contributed by atoms with Gasteiger partial charge < -0.3 is 28.8 Å². The van der Waals surface area contributed by atoms with Crippen molar-refractivity contribution in [2.75, 3.05) is 6.61 Å². The smallest absolute Gasteiger partial charge is 0.222 e. The molecular formula is C40H40O6. The van der Waals surface area contributed by atoms with Gasteiger partial charge in [0.2, 0.25) is 5.79 Å². The average Bonchev–Trinajstić information content (AvgIpc) is 3.12. The third-order valence-corrected chi connectivity index (χ3v) is 8.13. The summed E-state index contributed by atoms with van der Waals surface area (Å²) in [6.07, 6.45) is -2.98. The molecule has 1 N–H and O–H groups in total. The molecule has 46 heavy (non-hydrogen) atoms. The zero-order valence-electron chi connectivity index (χ0n) is 25.8. The van der Waals surface area contributed by atoms with E-state index >= 15 is 0 Å². The first-order chi connectivity index (χ1) is 22.7. The molecule has 0 amide bonds. The third kappa shape index (κ3) is 8.17. The van der Waals surface area contributed by atoms with Gasteiger partial charge in [-0.2, -0.15) is 0 Å². The summed E-state index contributed by atoms with van der Waals surface area (Å²) in [7, 11) is 0. The summed E-state index contributed by atoms with van der Waals surface area (Å²) >= 11 is 0. The highest BCUT2D eigenvalue weighted by Gasteiger charge is 2.57. The SMILES string of the molecule is OC1(c2ccccc2)O[C@H](COCc2ccccc2)[C@@H](OCc2ccccc2)[C@H](OCc2ccccc2)[C@H]1OCc1ccccc1. The highest BCUT2D eigenvalue weighted by Crippen LogP contribution is 2.41. The minimum absolute atomic E-state index is 0.167. The van der Waals surface area contributed by atoms with Gasteiger partial charge in [0.25, 0.3) is 0 Å². The van der Waals surface area contributed by atoms with Crippen LogP contribution in [-0.4, -0.2) is 36.1 Å². The van der Waals surface area contributed by atoms with Gasteiger partial charge in [-0.25, -0.2) is 0 Å². The predicted molar refractivity (Wildman–Crippen MR) is 176 cm³/mol. The summed E-state index contributed by atoms with van der Waals surface area (Å²) in [6, 6.07) is 49.2. The van der Waals surface area contributed by atoms with Crippen LogP contribution < -0.4 is 0 Å². The van der Waals surface area contributed by atoms with Crippen molar-refractivity contribution in [1.82, 2.24) is 0 Å². The largest absolute Gasteiger partial charge is 0.374 e. The van der Waals surface area contributed by atoms with E-state index in [0.29, 0.717) is 25.4 Å². The van der Waals surface area contributed by atoms with Crippen LogP contribution in [0.25, 0.3) is 0 Å². The Kier molecular flexibility index (Phi) is 11.0. The first kappa shape index (κ1) is 31.8. The molecule has 0 radical (unpaired) electrons. The molecule has 5 aromatic carbocycles. The second-order valence-electron chi connectivity index (χ2n) is 11.5. The lowest BCUT2D eigenvalue weighted by molar-refractivity contribution is -0.378. The molecule has 0 aromatic heterocycles. The van der Waals surface area contributed by atoms with Gasteiger partial charge in [0.1, 0.15) is 24.4 Å². The fraction of sp³-hybridized carbons (Fsp3) is 0.250. The molecule has 5 atom stereocenters. The van der Waals surface area contributed by atoms with Crippen LogP contribution in [0.3, 0.4) is 0 Å². The number of ether oxygens (including phenoxy) is 5. The minimum atomic E-state index is -1.86. The summed E-state index contributed by atoms with van der Waals surface area (Å²) in [6.45, 7) is 1.42. The Labute approximate surface area is 271 Å². The molecule has 1 saturated heterocycles. The van der Waals surface area contributed by atoms with Crippen LogP contribution in [0.15, 0.2) is 152 Å². The van der Waals surface area contributed by atoms with Crippen molar-refractivity contribution in [3.05, 3.63) is 179 Å². The Morgan fingerprint density at radius 2 is 0.870 bits per heavy atom. The number of benzene rings is 5. The Morgan fingerprint density at radius 1 is 0.478 bits per heavy atom. The second-order valence-corrected chi connectivity index (χ2v) is 11.5. The summed E-state index contributed by atoms with van der Waals surface area (Å²) in [5.74, 6) is -1.86. The van der Waals surface area contributed by atoms with E-state index in [0.717, 1.165) is 22.3 Å². The lowest BCUT2D eigenvalue weighted by Crippen LogP contribution is -2.65. The average molecular weight is 617 g/mol. The van der Waals surface area contributed by atoms with Gasteiger partial charge in [-0.1, -0.05) is 152 Å². The molecule has 0 aliphatic carbocycles. The molecule has 1 unspecified atom stereocenters. The van der Waals surface area contributed by atoms with Crippen LogP contribution in [0.2, 0.25) is 0 Å². The molecule has 0 bridgehead atoms. The van der Waals surface area contributed by atoms with E-state index in [1.807, 2.05) is 152 Å². The minimum Gasteiger partial charge on any atom is -0.374 e. The maximum Gasteiger partial charge on any atom is 0.222 e. The first-order valence-corrected chi connectivity index (χ1v) is 15.7. The van der Waals surface area contributed by atoms with E-state index in [1.54, 1.807) is 0 Å². The van der Waals surface area contributed by atoms with Crippen molar-refractivity contribution in [1.29, 1.82) is 0 Å². The van der Waals surface area contributed by atoms with E-state index in [2.05, 4.69) is 0 Å². The molecule has 6 nitrogen and oxygen atoms in total. The van der Waals surface area contributed by atoms with Crippen molar-refractivity contribution < 1.29 is 28.8 Å². The van der Waals surface area contributed by atoms with Gasteiger partial charge >= 0.3 is 0 Å². The van der Waals surface area contributed by atoms with Crippen LogP contribution in [0.5, 0.6) is 0 Å². The van der Waals surface area contributed by atoms with Crippen molar-refractivity contribution in [2.45, 2.75) is 56.6 Å². The number of rotatable bonds is 14. The van der Waals surface area contributed by atoms with E-state index in [1.165, 1.54) is 0 Å². The van der Waals surface area contributed by atoms with Crippen LogP contribution in [0.1, 0.15) is 27.8 Å². The third-order valence-electron chi connectivity index (χ3n) is 8.13. The van der Waals surface area contributed by atoms with E-state index < -0.39 is 30.2 Å². The monoisotopic (exact) mass is 616 g/mol. The lowest BCUT2D eigenvalue weighted by atomic mass is 9.87. The summed E-state index contributed by atoms with van der Waals surface area (Å²) in [5.41, 5.74) is 4.58. The van der Waals surface area contributed by atoms with Crippen LogP contribution in [-0.2, 0) is 55.9 Å². The Morgan fingerprint density at radius 3 is 1.35 bits per heavy atom. The maximum absolute atomic E-state index is 12.6. The molecular weight excluding hydrogens is 576 g/mol. The summed E-state index contributed by atoms with van der Waals surface area (Å²) in [5, 5.41) is 12.6. The van der Waals surface area contributed by atoms with Crippen molar-refractivity contribution >= 4 is 0 Å². The van der Waals surface area contributed by atoms with Crippen molar-refractivity contribution in [2.24, 2.45) is 0 Å². The van der Waals surface area contributed by atoms with E-state index in [9.17, 15) is 5.11 Å². The van der Waals surface area contributed by atoms with Crippen LogP contribution in [0, 0.1) is 0 Å². The van der Waals surface area contributed by atoms with Gasteiger partial charge in [0.05, 0.1) is 33.0 Å². The van der Waals surface area contributed by atoms with Gasteiger partial charge in [-0.3, -0.25) is 0 Å². The normalized spacial score (nSPS) is 22.8. The maximum atomic E-state index is 12.6. The van der Waals surface area contributed by atoms with E-state index in [-0.39, 0.29) is 13.2 Å². The van der Waals surface area contributed by atoms with Gasteiger partial charge in [-0.15, -0.1) is 0 Å². The van der Waals surface area contributed by atoms with Crippen LogP contribution >= 0.6 is 0 Å². The molecule has 1 aliphatic heterocycles. The molecule has 0 spiro atoms. The highest BCUT2D eigenvalue weighted by atomic mass is 16.7. The number of hydrogen-bond donors (Lipinski definition) is 1. The molecule has 6 rings (SSSR count). The fourth-order valence-corrected chi connectivity index (χ4v) is 5.76. The molecule has 5 aromatic rings. The Hall–Kier alpha value is -4.14. The predicted octanol–water partition coefficient (Wildman–Crippen LogP) is 7.20. The van der Waals surface area contributed by atoms with Gasteiger partial charge in [0.15, 0.2) is 0 Å². The molecule has 1 fully saturated rings. The van der Waals surface area contributed by atoms with Crippen molar-refractivity contribution in [3.63, 3.8) is 0 Å². The van der Waals surface area contributed by atoms with Gasteiger partial charge in [0, 0.05) is 5.56 Å². The molecule has 236 valence electrons.